The fourth-order valence-electron chi connectivity index (χ4n) is 4.53. The molecule has 0 unspecified atom stereocenters. The summed E-state index contributed by atoms with van der Waals surface area (Å²) in [5.74, 6) is 0.263. The highest BCUT2D eigenvalue weighted by atomic mass is 16.3. The van der Waals surface area contributed by atoms with Crippen LogP contribution in [-0.2, 0) is 0 Å². The van der Waals surface area contributed by atoms with Crippen LogP contribution in [0.1, 0.15) is 22.7 Å². The van der Waals surface area contributed by atoms with Crippen molar-refractivity contribution in [3.8, 4) is 5.75 Å². The molecule has 4 aromatic rings. The number of fused-ring (bicyclic) bond motifs is 1. The quantitative estimate of drug-likeness (QED) is 0.445. The molecule has 0 radical (unpaired) electrons. The predicted molar refractivity (Wildman–Crippen MR) is 131 cm³/mol. The SMILES string of the molecule is Oc1ccc2ccccc2c1/C=N\N1CCN(C(c2ccccc2)c2ccccc2)CC1. The summed E-state index contributed by atoms with van der Waals surface area (Å²) in [7, 11) is 0. The largest absolute Gasteiger partial charge is 0.507 e. The van der Waals surface area contributed by atoms with Crippen molar-refractivity contribution in [3.63, 3.8) is 0 Å². The molecule has 4 nitrogen and oxygen atoms in total. The number of rotatable bonds is 5. The first-order chi connectivity index (χ1) is 15.8. The third-order valence-corrected chi connectivity index (χ3v) is 6.18. The highest BCUT2D eigenvalue weighted by Gasteiger charge is 2.25. The van der Waals surface area contributed by atoms with Crippen LogP contribution in [0.4, 0.5) is 0 Å². The van der Waals surface area contributed by atoms with Crippen LogP contribution >= 0.6 is 0 Å². The van der Waals surface area contributed by atoms with E-state index < -0.39 is 0 Å². The number of piperazine rings is 1. The smallest absolute Gasteiger partial charge is 0.125 e. The summed E-state index contributed by atoms with van der Waals surface area (Å²) < 4.78 is 0. The lowest BCUT2D eigenvalue weighted by molar-refractivity contribution is 0.113. The summed E-state index contributed by atoms with van der Waals surface area (Å²) in [5.41, 5.74) is 3.41. The Hall–Kier alpha value is -3.63. The van der Waals surface area contributed by atoms with Gasteiger partial charge in [0.1, 0.15) is 5.75 Å². The van der Waals surface area contributed by atoms with Gasteiger partial charge in [-0.3, -0.25) is 9.91 Å². The van der Waals surface area contributed by atoms with Gasteiger partial charge in [0.2, 0.25) is 0 Å². The standard InChI is InChI=1S/C28H27N3O/c32-27-16-15-22-9-7-8-14-25(22)26(27)21-29-31-19-17-30(18-20-31)28(23-10-3-1-4-11-23)24-12-5-2-6-13-24/h1-16,21,28,32H,17-20H2/b29-21-. The molecule has 1 aliphatic rings. The van der Waals surface area contributed by atoms with Gasteiger partial charge in [-0.05, 0) is 28.0 Å². The average Bonchev–Trinajstić information content (AvgIpc) is 2.86. The van der Waals surface area contributed by atoms with Crippen LogP contribution in [0.2, 0.25) is 0 Å². The molecular formula is C28H27N3O. The number of hydrogen-bond acceptors (Lipinski definition) is 4. The van der Waals surface area contributed by atoms with Gasteiger partial charge in [-0.2, -0.15) is 5.10 Å². The molecule has 1 N–H and O–H groups in total. The molecule has 0 atom stereocenters. The van der Waals surface area contributed by atoms with Gasteiger partial charge < -0.3 is 5.11 Å². The van der Waals surface area contributed by atoms with Gasteiger partial charge in [0, 0.05) is 31.7 Å². The molecule has 160 valence electrons. The molecule has 4 heteroatoms. The minimum Gasteiger partial charge on any atom is -0.507 e. The first-order valence-electron chi connectivity index (χ1n) is 11.1. The van der Waals surface area contributed by atoms with E-state index in [4.69, 9.17) is 5.10 Å². The fraction of sp³-hybridized carbons (Fsp3) is 0.179. The number of hydrazone groups is 1. The van der Waals surface area contributed by atoms with E-state index in [1.165, 1.54) is 11.1 Å². The maximum absolute atomic E-state index is 10.4. The molecule has 0 aliphatic carbocycles. The topological polar surface area (TPSA) is 39.1 Å². The van der Waals surface area contributed by atoms with E-state index in [0.29, 0.717) is 0 Å². The third kappa shape index (κ3) is 4.23. The number of aromatic hydroxyl groups is 1. The molecule has 1 heterocycles. The first-order valence-corrected chi connectivity index (χ1v) is 11.1. The minimum atomic E-state index is 0.241. The normalized spacial score (nSPS) is 15.1. The van der Waals surface area contributed by atoms with Crippen LogP contribution in [-0.4, -0.2) is 47.4 Å². The monoisotopic (exact) mass is 421 g/mol. The van der Waals surface area contributed by atoms with Crippen LogP contribution in [0.5, 0.6) is 5.75 Å². The van der Waals surface area contributed by atoms with Crippen molar-refractivity contribution in [1.82, 2.24) is 9.91 Å². The van der Waals surface area contributed by atoms with Crippen LogP contribution in [0.25, 0.3) is 10.8 Å². The van der Waals surface area contributed by atoms with Gasteiger partial charge in [-0.1, -0.05) is 91.0 Å². The predicted octanol–water partition coefficient (Wildman–Crippen LogP) is 5.29. The van der Waals surface area contributed by atoms with E-state index in [2.05, 4.69) is 76.6 Å². The molecule has 0 saturated carbocycles. The van der Waals surface area contributed by atoms with Crippen molar-refractivity contribution in [2.45, 2.75) is 6.04 Å². The van der Waals surface area contributed by atoms with Crippen molar-refractivity contribution >= 4 is 17.0 Å². The van der Waals surface area contributed by atoms with Gasteiger partial charge in [0.25, 0.3) is 0 Å². The molecule has 1 saturated heterocycles. The molecule has 0 amide bonds. The van der Waals surface area contributed by atoms with E-state index in [0.717, 1.165) is 42.5 Å². The van der Waals surface area contributed by atoms with Crippen LogP contribution in [0, 0.1) is 0 Å². The molecule has 32 heavy (non-hydrogen) atoms. The van der Waals surface area contributed by atoms with Gasteiger partial charge in [0.15, 0.2) is 0 Å². The Labute approximate surface area is 189 Å². The Morgan fingerprint density at radius 2 is 1.28 bits per heavy atom. The number of nitrogens with zero attached hydrogens (tertiary/aromatic N) is 3. The summed E-state index contributed by atoms with van der Waals surface area (Å²) in [6.45, 7) is 3.54. The molecule has 1 aliphatic heterocycles. The minimum absolute atomic E-state index is 0.241. The van der Waals surface area contributed by atoms with Gasteiger partial charge in [0.05, 0.1) is 12.3 Å². The zero-order valence-corrected chi connectivity index (χ0v) is 18.0. The zero-order valence-electron chi connectivity index (χ0n) is 18.0. The molecule has 1 fully saturated rings. The van der Waals surface area contributed by atoms with E-state index in [9.17, 15) is 5.11 Å². The Morgan fingerprint density at radius 1 is 0.688 bits per heavy atom. The Morgan fingerprint density at radius 3 is 1.94 bits per heavy atom. The summed E-state index contributed by atoms with van der Waals surface area (Å²) in [6, 6.07) is 33.5. The summed E-state index contributed by atoms with van der Waals surface area (Å²) in [6.07, 6.45) is 1.80. The second-order valence-electron chi connectivity index (χ2n) is 8.18. The second-order valence-corrected chi connectivity index (χ2v) is 8.18. The lowest BCUT2D eigenvalue weighted by Gasteiger charge is -2.38. The summed E-state index contributed by atoms with van der Waals surface area (Å²) >= 11 is 0. The van der Waals surface area contributed by atoms with Crippen molar-refractivity contribution in [1.29, 1.82) is 0 Å². The molecule has 0 bridgehead atoms. The van der Waals surface area contributed by atoms with E-state index in [-0.39, 0.29) is 11.8 Å². The van der Waals surface area contributed by atoms with E-state index >= 15 is 0 Å². The van der Waals surface area contributed by atoms with E-state index in [1.54, 1.807) is 12.3 Å². The second kappa shape index (κ2) is 9.25. The van der Waals surface area contributed by atoms with Gasteiger partial charge in [-0.25, -0.2) is 0 Å². The summed E-state index contributed by atoms with van der Waals surface area (Å²) in [5, 5.41) is 19.3. The molecule has 5 rings (SSSR count). The first kappa shape index (κ1) is 20.3. The third-order valence-electron chi connectivity index (χ3n) is 6.18. The molecule has 0 aromatic heterocycles. The van der Waals surface area contributed by atoms with Crippen LogP contribution in [0.15, 0.2) is 102 Å². The maximum atomic E-state index is 10.4. The van der Waals surface area contributed by atoms with Crippen molar-refractivity contribution in [2.75, 3.05) is 26.2 Å². The molecule has 4 aromatic carbocycles. The molecule has 0 spiro atoms. The van der Waals surface area contributed by atoms with E-state index in [1.807, 2.05) is 24.3 Å². The van der Waals surface area contributed by atoms with Crippen molar-refractivity contribution in [2.24, 2.45) is 5.10 Å². The van der Waals surface area contributed by atoms with Crippen molar-refractivity contribution < 1.29 is 5.11 Å². The van der Waals surface area contributed by atoms with Gasteiger partial charge in [-0.15, -0.1) is 0 Å². The maximum Gasteiger partial charge on any atom is 0.125 e. The highest BCUT2D eigenvalue weighted by molar-refractivity contribution is 6.02. The summed E-state index contributed by atoms with van der Waals surface area (Å²) in [4.78, 5) is 2.53. The average molecular weight is 422 g/mol. The Kier molecular flexibility index (Phi) is 5.86. The zero-order chi connectivity index (χ0) is 21.8. The van der Waals surface area contributed by atoms with Gasteiger partial charge >= 0.3 is 0 Å². The van der Waals surface area contributed by atoms with Crippen molar-refractivity contribution in [3.05, 3.63) is 114 Å². The number of phenolic OH excluding ortho intramolecular Hbond substituents is 1. The number of benzene rings is 4. The van der Waals surface area contributed by atoms with Crippen LogP contribution < -0.4 is 0 Å². The number of phenols is 1. The number of hydrogen-bond donors (Lipinski definition) is 1. The highest BCUT2D eigenvalue weighted by Crippen LogP contribution is 2.30. The molecular weight excluding hydrogens is 394 g/mol. The Bertz CT molecular complexity index is 1160. The fourth-order valence-corrected chi connectivity index (χ4v) is 4.53. The lowest BCUT2D eigenvalue weighted by atomic mass is 9.96. The Balaban J connectivity index is 1.33. The van der Waals surface area contributed by atoms with Crippen LogP contribution in [0.3, 0.4) is 0 Å². The lowest BCUT2D eigenvalue weighted by Crippen LogP contribution is -2.45.